The highest BCUT2D eigenvalue weighted by Gasteiger charge is 2.28. The quantitative estimate of drug-likeness (QED) is 0.511. The van der Waals surface area contributed by atoms with Gasteiger partial charge in [0.25, 0.3) is 0 Å². The maximum atomic E-state index is 13.6. The predicted molar refractivity (Wildman–Crippen MR) is 133 cm³/mol. The number of aryl methyl sites for hydroxylation is 1. The van der Waals surface area contributed by atoms with Crippen LogP contribution in [0, 0.1) is 18.7 Å². The van der Waals surface area contributed by atoms with Gasteiger partial charge in [-0.15, -0.1) is 0 Å². The normalized spacial score (nSPS) is 20.3. The van der Waals surface area contributed by atoms with Crippen LogP contribution in [-0.2, 0) is 0 Å². The molecule has 0 amide bonds. The zero-order valence-corrected chi connectivity index (χ0v) is 20.3. The number of nitrogens with zero attached hydrogens (tertiary/aromatic N) is 3. The van der Waals surface area contributed by atoms with E-state index >= 15 is 0 Å². The van der Waals surface area contributed by atoms with E-state index in [4.69, 9.17) is 4.99 Å². The van der Waals surface area contributed by atoms with Crippen LogP contribution in [0.25, 0.3) is 5.57 Å². The molecule has 2 saturated heterocycles. The van der Waals surface area contributed by atoms with Gasteiger partial charge in [0, 0.05) is 30.9 Å². The van der Waals surface area contributed by atoms with Gasteiger partial charge in [-0.3, -0.25) is 0 Å². The first-order chi connectivity index (χ1) is 15.3. The van der Waals surface area contributed by atoms with Crippen molar-refractivity contribution in [3.05, 3.63) is 64.3 Å². The van der Waals surface area contributed by atoms with Gasteiger partial charge in [-0.2, -0.15) is 0 Å². The molecule has 0 saturated carbocycles. The summed E-state index contributed by atoms with van der Waals surface area (Å²) in [7, 11) is 0. The largest absolute Gasteiger partial charge is 0.330 e. The minimum Gasteiger partial charge on any atom is -0.330 e. The molecule has 0 spiro atoms. The zero-order valence-electron chi connectivity index (χ0n) is 20.3. The highest BCUT2D eigenvalue weighted by atomic mass is 19.1. The lowest BCUT2D eigenvalue weighted by atomic mass is 9.81. The first-order valence-corrected chi connectivity index (χ1v) is 12.3. The van der Waals surface area contributed by atoms with Crippen molar-refractivity contribution in [3.63, 3.8) is 0 Å². The highest BCUT2D eigenvalue weighted by Crippen LogP contribution is 2.37. The van der Waals surface area contributed by atoms with Crippen LogP contribution in [-0.4, -0.2) is 41.8 Å². The minimum absolute atomic E-state index is 0.149. The van der Waals surface area contributed by atoms with Crippen LogP contribution in [0.4, 0.5) is 4.39 Å². The molecule has 0 aromatic heterocycles. The third-order valence-electron chi connectivity index (χ3n) is 7.44. The van der Waals surface area contributed by atoms with Crippen LogP contribution < -0.4 is 0 Å². The van der Waals surface area contributed by atoms with Crippen LogP contribution >= 0.6 is 0 Å². The van der Waals surface area contributed by atoms with E-state index in [9.17, 15) is 4.39 Å². The summed E-state index contributed by atoms with van der Waals surface area (Å²) < 4.78 is 13.6. The van der Waals surface area contributed by atoms with Crippen LogP contribution in [0.2, 0.25) is 0 Å². The number of aliphatic imine (C=N–C) groups is 1. The van der Waals surface area contributed by atoms with Crippen molar-refractivity contribution in [2.45, 2.75) is 66.2 Å². The number of rotatable bonds is 5. The number of piperidine rings is 2. The van der Waals surface area contributed by atoms with E-state index < -0.39 is 0 Å². The number of allylic oxidation sites excluding steroid dienone is 4. The Morgan fingerprint density at radius 3 is 2.56 bits per heavy atom. The molecule has 4 heteroatoms. The van der Waals surface area contributed by atoms with Crippen molar-refractivity contribution in [2.24, 2.45) is 10.9 Å². The average molecular weight is 436 g/mol. The molecule has 3 aliphatic rings. The Kier molecular flexibility index (Phi) is 6.99. The molecular weight excluding hydrogens is 397 g/mol. The summed E-state index contributed by atoms with van der Waals surface area (Å²) in [6, 6.07) is 5.24. The second-order valence-corrected chi connectivity index (χ2v) is 9.89. The molecule has 0 N–H and O–H groups in total. The summed E-state index contributed by atoms with van der Waals surface area (Å²) in [5, 5.41) is 0. The Labute approximate surface area is 193 Å². The van der Waals surface area contributed by atoms with Gasteiger partial charge in [-0.25, -0.2) is 9.38 Å². The van der Waals surface area contributed by atoms with Crippen LogP contribution in [0.15, 0.2) is 52.3 Å². The van der Waals surface area contributed by atoms with E-state index in [1.165, 1.54) is 46.7 Å². The Hall–Kier alpha value is -2.20. The van der Waals surface area contributed by atoms with Crippen molar-refractivity contribution in [1.82, 2.24) is 9.80 Å². The standard InChI is InChI=1S/C28H38FN3/c1-19(2)28(25-10-9-24(29)18-20(25)3)23-11-15-31(16-12-23)17-13-26-21(4)30-27-8-6-7-14-32(27)22(26)5/h9-10,18,23H,5-8,11-17H2,1-4H3. The molecule has 32 heavy (non-hydrogen) atoms. The number of hydrogen-bond acceptors (Lipinski definition) is 3. The van der Waals surface area contributed by atoms with E-state index in [1.54, 1.807) is 12.1 Å². The third kappa shape index (κ3) is 4.76. The number of halogens is 1. The summed E-state index contributed by atoms with van der Waals surface area (Å²) >= 11 is 0. The van der Waals surface area contributed by atoms with Gasteiger partial charge in [0.15, 0.2) is 0 Å². The third-order valence-corrected chi connectivity index (χ3v) is 7.44. The van der Waals surface area contributed by atoms with Gasteiger partial charge in [0.1, 0.15) is 11.7 Å². The zero-order chi connectivity index (χ0) is 22.8. The van der Waals surface area contributed by atoms with Gasteiger partial charge >= 0.3 is 0 Å². The summed E-state index contributed by atoms with van der Waals surface area (Å²) in [5.41, 5.74) is 8.72. The molecule has 4 rings (SSSR count). The van der Waals surface area contributed by atoms with Crippen molar-refractivity contribution < 1.29 is 4.39 Å². The monoisotopic (exact) mass is 435 g/mol. The molecule has 1 aromatic rings. The number of likely N-dealkylation sites (tertiary alicyclic amines) is 1. The predicted octanol–water partition coefficient (Wildman–Crippen LogP) is 6.72. The maximum absolute atomic E-state index is 13.6. The summed E-state index contributed by atoms with van der Waals surface area (Å²) in [6.07, 6.45) is 6.89. The fourth-order valence-corrected chi connectivity index (χ4v) is 5.72. The van der Waals surface area contributed by atoms with Crippen LogP contribution in [0.3, 0.4) is 0 Å². The fraction of sp³-hybridized carbons (Fsp3) is 0.536. The van der Waals surface area contributed by atoms with Crippen molar-refractivity contribution in [1.29, 1.82) is 0 Å². The Bertz CT molecular complexity index is 972. The van der Waals surface area contributed by atoms with E-state index in [-0.39, 0.29) is 5.82 Å². The smallest absolute Gasteiger partial charge is 0.123 e. The highest BCUT2D eigenvalue weighted by molar-refractivity contribution is 5.87. The molecule has 3 aliphatic heterocycles. The second kappa shape index (κ2) is 9.74. The molecule has 0 bridgehead atoms. The molecule has 0 aliphatic carbocycles. The number of fused-ring (bicyclic) bond motifs is 1. The molecule has 2 fully saturated rings. The second-order valence-electron chi connectivity index (χ2n) is 9.89. The van der Waals surface area contributed by atoms with Gasteiger partial charge in [-0.1, -0.05) is 18.2 Å². The van der Waals surface area contributed by atoms with Crippen molar-refractivity contribution >= 4 is 11.4 Å². The van der Waals surface area contributed by atoms with E-state index in [1.807, 2.05) is 13.0 Å². The fourth-order valence-electron chi connectivity index (χ4n) is 5.72. The number of hydrogen-bond donors (Lipinski definition) is 0. The first kappa shape index (κ1) is 23.0. The van der Waals surface area contributed by atoms with Crippen molar-refractivity contribution in [2.75, 3.05) is 26.2 Å². The van der Waals surface area contributed by atoms with Gasteiger partial charge in [0.05, 0.1) is 0 Å². The Morgan fingerprint density at radius 1 is 1.12 bits per heavy atom. The molecule has 1 aromatic carbocycles. The SMILES string of the molecule is C=C1C(CCN2CCC(C(=C(C)C)c3ccc(F)cc3C)CC2)=C(C)N=C2CCCCN12. The summed E-state index contributed by atoms with van der Waals surface area (Å²) in [5.74, 6) is 1.62. The minimum atomic E-state index is -0.149. The van der Waals surface area contributed by atoms with Crippen molar-refractivity contribution in [3.8, 4) is 0 Å². The lowest BCUT2D eigenvalue weighted by Gasteiger charge is -2.38. The summed E-state index contributed by atoms with van der Waals surface area (Å²) in [6.45, 7) is 17.4. The molecular formula is C28H38FN3. The van der Waals surface area contributed by atoms with Gasteiger partial charge < -0.3 is 9.80 Å². The van der Waals surface area contributed by atoms with E-state index in [0.717, 1.165) is 63.1 Å². The maximum Gasteiger partial charge on any atom is 0.123 e. The number of benzene rings is 1. The topological polar surface area (TPSA) is 18.8 Å². The average Bonchev–Trinajstić information content (AvgIpc) is 2.76. The molecule has 3 nitrogen and oxygen atoms in total. The lowest BCUT2D eigenvalue weighted by Crippen LogP contribution is -2.39. The van der Waals surface area contributed by atoms with Crippen LogP contribution in [0.5, 0.6) is 0 Å². The summed E-state index contributed by atoms with van der Waals surface area (Å²) in [4.78, 5) is 9.86. The first-order valence-electron chi connectivity index (χ1n) is 12.3. The number of amidine groups is 1. The van der Waals surface area contributed by atoms with Gasteiger partial charge in [0.2, 0.25) is 0 Å². The molecule has 0 atom stereocenters. The molecule has 0 radical (unpaired) electrons. The van der Waals surface area contributed by atoms with E-state index in [0.29, 0.717) is 5.92 Å². The van der Waals surface area contributed by atoms with E-state index in [2.05, 4.69) is 37.1 Å². The molecule has 0 unspecified atom stereocenters. The lowest BCUT2D eigenvalue weighted by molar-refractivity contribution is 0.208. The van der Waals surface area contributed by atoms with Gasteiger partial charge in [-0.05, 0) is 113 Å². The Balaban J connectivity index is 1.38. The van der Waals surface area contributed by atoms with Crippen LogP contribution in [0.1, 0.15) is 70.4 Å². The molecule has 3 heterocycles. The molecule has 172 valence electrons. The Morgan fingerprint density at radius 2 is 1.88 bits per heavy atom.